The van der Waals surface area contributed by atoms with Gasteiger partial charge in [0.2, 0.25) is 15.9 Å². The standard InChI is InChI=1S/C20H21BrN2O5S/c1-22-29(26,27)17-9-6-14(7-10-17)8-11-19(24)23-18(13-20(25)28-2)15-4-3-5-16(21)12-15/h3-12,18,22H,13H2,1-2H3,(H,23,24). The monoisotopic (exact) mass is 480 g/mol. The summed E-state index contributed by atoms with van der Waals surface area (Å²) >= 11 is 3.38. The van der Waals surface area contributed by atoms with E-state index in [1.54, 1.807) is 18.2 Å². The Morgan fingerprint density at radius 1 is 1.17 bits per heavy atom. The summed E-state index contributed by atoms with van der Waals surface area (Å²) in [6.45, 7) is 0. The second-order valence-electron chi connectivity index (χ2n) is 6.01. The van der Waals surface area contributed by atoms with Crippen molar-refractivity contribution < 1.29 is 22.7 Å². The fourth-order valence-electron chi connectivity index (χ4n) is 2.49. The van der Waals surface area contributed by atoms with Crippen molar-refractivity contribution in [1.82, 2.24) is 10.0 Å². The summed E-state index contributed by atoms with van der Waals surface area (Å²) in [7, 11) is -0.883. The molecule has 2 aromatic rings. The number of nitrogens with one attached hydrogen (secondary N) is 2. The summed E-state index contributed by atoms with van der Waals surface area (Å²) in [5.74, 6) is -0.841. The van der Waals surface area contributed by atoms with Crippen molar-refractivity contribution in [3.8, 4) is 0 Å². The maximum atomic E-state index is 12.4. The molecule has 0 aliphatic rings. The zero-order valence-electron chi connectivity index (χ0n) is 15.9. The van der Waals surface area contributed by atoms with Crippen molar-refractivity contribution >= 4 is 43.9 Å². The minimum absolute atomic E-state index is 0.0108. The first-order chi connectivity index (χ1) is 13.7. The van der Waals surface area contributed by atoms with E-state index >= 15 is 0 Å². The molecule has 29 heavy (non-hydrogen) atoms. The number of ether oxygens (including phenoxy) is 1. The van der Waals surface area contributed by atoms with E-state index in [0.717, 1.165) is 10.0 Å². The van der Waals surface area contributed by atoms with Crippen LogP contribution in [0.5, 0.6) is 0 Å². The van der Waals surface area contributed by atoms with Gasteiger partial charge in [0.05, 0.1) is 24.5 Å². The Morgan fingerprint density at radius 3 is 2.45 bits per heavy atom. The first-order valence-corrected chi connectivity index (χ1v) is 10.9. The fraction of sp³-hybridized carbons (Fsp3) is 0.200. The number of hydrogen-bond donors (Lipinski definition) is 2. The van der Waals surface area contributed by atoms with Crippen LogP contribution in [0.25, 0.3) is 6.08 Å². The van der Waals surface area contributed by atoms with Gasteiger partial charge in [0, 0.05) is 10.5 Å². The molecule has 0 saturated carbocycles. The molecule has 2 N–H and O–H groups in total. The highest BCUT2D eigenvalue weighted by molar-refractivity contribution is 9.10. The SMILES string of the molecule is CNS(=O)(=O)c1ccc(C=CC(=O)NC(CC(=O)OC)c2cccc(Br)c2)cc1. The summed E-state index contributed by atoms with van der Waals surface area (Å²) in [5.41, 5.74) is 1.41. The molecule has 0 aromatic heterocycles. The lowest BCUT2D eigenvalue weighted by atomic mass is 10.0. The Kier molecular flexibility index (Phi) is 8.12. The molecule has 0 aliphatic heterocycles. The van der Waals surface area contributed by atoms with Gasteiger partial charge in [0.25, 0.3) is 0 Å². The molecule has 0 aliphatic carbocycles. The van der Waals surface area contributed by atoms with Crippen LogP contribution in [0.4, 0.5) is 0 Å². The quantitative estimate of drug-likeness (QED) is 0.446. The average molecular weight is 481 g/mol. The molecule has 0 radical (unpaired) electrons. The Balaban J connectivity index is 2.12. The normalized spacial score (nSPS) is 12.5. The minimum Gasteiger partial charge on any atom is -0.469 e. The van der Waals surface area contributed by atoms with Gasteiger partial charge >= 0.3 is 5.97 Å². The van der Waals surface area contributed by atoms with E-state index in [1.807, 2.05) is 24.3 Å². The van der Waals surface area contributed by atoms with Crippen molar-refractivity contribution in [1.29, 1.82) is 0 Å². The van der Waals surface area contributed by atoms with Crippen molar-refractivity contribution in [3.63, 3.8) is 0 Å². The maximum absolute atomic E-state index is 12.4. The summed E-state index contributed by atoms with van der Waals surface area (Å²) in [4.78, 5) is 24.2. The summed E-state index contributed by atoms with van der Waals surface area (Å²) in [5, 5.41) is 2.79. The molecule has 1 atom stereocenters. The van der Waals surface area contributed by atoms with Gasteiger partial charge in [0.15, 0.2) is 0 Å². The van der Waals surface area contributed by atoms with Crippen LogP contribution < -0.4 is 10.0 Å². The van der Waals surface area contributed by atoms with E-state index in [-0.39, 0.29) is 11.3 Å². The van der Waals surface area contributed by atoms with E-state index in [0.29, 0.717) is 5.56 Å². The molecular formula is C20H21BrN2O5S. The van der Waals surface area contributed by atoms with E-state index in [1.165, 1.54) is 32.4 Å². The van der Waals surface area contributed by atoms with Gasteiger partial charge in [-0.25, -0.2) is 13.1 Å². The van der Waals surface area contributed by atoms with Gasteiger partial charge in [-0.1, -0.05) is 40.2 Å². The van der Waals surface area contributed by atoms with Crippen LogP contribution in [0.1, 0.15) is 23.6 Å². The van der Waals surface area contributed by atoms with Crippen LogP contribution in [-0.2, 0) is 24.3 Å². The molecule has 0 fully saturated rings. The number of carbonyl (C=O) groups is 2. The number of sulfonamides is 1. The molecule has 1 amide bonds. The number of methoxy groups -OCH3 is 1. The van der Waals surface area contributed by atoms with Crippen LogP contribution in [-0.4, -0.2) is 34.5 Å². The number of rotatable bonds is 8. The van der Waals surface area contributed by atoms with Gasteiger partial charge in [-0.3, -0.25) is 9.59 Å². The molecule has 0 heterocycles. The topological polar surface area (TPSA) is 102 Å². The lowest BCUT2D eigenvalue weighted by Gasteiger charge is -2.17. The van der Waals surface area contributed by atoms with Gasteiger partial charge in [0.1, 0.15) is 0 Å². The highest BCUT2D eigenvalue weighted by Crippen LogP contribution is 2.21. The highest BCUT2D eigenvalue weighted by Gasteiger charge is 2.18. The fourth-order valence-corrected chi connectivity index (χ4v) is 3.64. The molecule has 7 nitrogen and oxygen atoms in total. The second-order valence-corrected chi connectivity index (χ2v) is 8.81. The summed E-state index contributed by atoms with van der Waals surface area (Å²) in [6.07, 6.45) is 2.87. The predicted octanol–water partition coefficient (Wildman–Crippen LogP) is 2.79. The zero-order valence-corrected chi connectivity index (χ0v) is 18.3. The lowest BCUT2D eigenvalue weighted by Crippen LogP contribution is -2.29. The van der Waals surface area contributed by atoms with Crippen LogP contribution in [0, 0.1) is 0 Å². The Morgan fingerprint density at radius 2 is 1.86 bits per heavy atom. The van der Waals surface area contributed by atoms with Gasteiger partial charge in [-0.2, -0.15) is 0 Å². The zero-order chi connectivity index (χ0) is 21.4. The number of esters is 1. The molecular weight excluding hydrogens is 460 g/mol. The molecule has 0 spiro atoms. The Bertz CT molecular complexity index is 1000. The molecule has 154 valence electrons. The second kappa shape index (κ2) is 10.3. The van der Waals surface area contributed by atoms with Crippen molar-refractivity contribution in [2.75, 3.05) is 14.2 Å². The van der Waals surface area contributed by atoms with Crippen molar-refractivity contribution in [2.24, 2.45) is 0 Å². The number of benzene rings is 2. The van der Waals surface area contributed by atoms with Crippen LogP contribution >= 0.6 is 15.9 Å². The van der Waals surface area contributed by atoms with Gasteiger partial charge in [-0.05, 0) is 48.5 Å². The summed E-state index contributed by atoms with van der Waals surface area (Å²) < 4.78 is 31.3. The predicted molar refractivity (Wildman–Crippen MR) is 113 cm³/mol. The lowest BCUT2D eigenvalue weighted by molar-refractivity contribution is -0.141. The Labute approximate surface area is 178 Å². The third kappa shape index (κ3) is 6.81. The van der Waals surface area contributed by atoms with Crippen LogP contribution in [0.15, 0.2) is 64.0 Å². The van der Waals surface area contributed by atoms with E-state index in [2.05, 4.69) is 26.0 Å². The van der Waals surface area contributed by atoms with Gasteiger partial charge in [-0.15, -0.1) is 0 Å². The molecule has 2 aromatic carbocycles. The Hall–Kier alpha value is -2.49. The number of halogens is 1. The van der Waals surface area contributed by atoms with E-state index in [4.69, 9.17) is 4.74 Å². The number of carbonyl (C=O) groups excluding carboxylic acids is 2. The molecule has 1 unspecified atom stereocenters. The van der Waals surface area contributed by atoms with E-state index in [9.17, 15) is 18.0 Å². The highest BCUT2D eigenvalue weighted by atomic mass is 79.9. The first kappa shape index (κ1) is 22.8. The number of amides is 1. The maximum Gasteiger partial charge on any atom is 0.307 e. The van der Waals surface area contributed by atoms with Crippen molar-refractivity contribution in [3.05, 3.63) is 70.2 Å². The molecule has 2 rings (SSSR count). The van der Waals surface area contributed by atoms with Crippen LogP contribution in [0.2, 0.25) is 0 Å². The smallest absolute Gasteiger partial charge is 0.307 e. The molecule has 0 saturated heterocycles. The first-order valence-electron chi connectivity index (χ1n) is 8.59. The van der Waals surface area contributed by atoms with Crippen molar-refractivity contribution in [2.45, 2.75) is 17.4 Å². The largest absolute Gasteiger partial charge is 0.469 e. The average Bonchev–Trinajstić information content (AvgIpc) is 2.72. The number of hydrogen-bond acceptors (Lipinski definition) is 5. The van der Waals surface area contributed by atoms with Crippen LogP contribution in [0.3, 0.4) is 0 Å². The third-order valence-corrected chi connectivity index (χ3v) is 5.98. The molecule has 9 heteroatoms. The molecule has 0 bridgehead atoms. The summed E-state index contributed by atoms with van der Waals surface area (Å²) in [6, 6.07) is 12.8. The van der Waals surface area contributed by atoms with Gasteiger partial charge < -0.3 is 10.1 Å². The van der Waals surface area contributed by atoms with E-state index < -0.39 is 27.9 Å². The minimum atomic E-state index is -3.51. The third-order valence-electron chi connectivity index (χ3n) is 4.05.